The van der Waals surface area contributed by atoms with Crippen molar-refractivity contribution in [3.63, 3.8) is 0 Å². The summed E-state index contributed by atoms with van der Waals surface area (Å²) in [6, 6.07) is 0. The quantitative estimate of drug-likeness (QED) is 0.715. The monoisotopic (exact) mass is 192 g/mol. The topological polar surface area (TPSA) is 34.9 Å². The van der Waals surface area contributed by atoms with Crippen molar-refractivity contribution in [2.45, 2.75) is 32.1 Å². The van der Waals surface area contributed by atoms with Gasteiger partial charge in [0.25, 0.3) is 0 Å². The van der Waals surface area contributed by atoms with E-state index >= 15 is 0 Å². The van der Waals surface area contributed by atoms with Gasteiger partial charge < -0.3 is 0 Å². The standard InChI is InChI=1S/C11H16N2O/c1-13-8-10(7-12-13)5-9-3-2-4-11(14)6-9/h7-9H,2-6H2,1H3. The molecule has 1 heterocycles. The summed E-state index contributed by atoms with van der Waals surface area (Å²) in [6.45, 7) is 0. The summed E-state index contributed by atoms with van der Waals surface area (Å²) in [5.41, 5.74) is 1.26. The second-order valence-electron chi connectivity index (χ2n) is 4.23. The van der Waals surface area contributed by atoms with Gasteiger partial charge in [-0.1, -0.05) is 0 Å². The third-order valence-electron chi connectivity index (χ3n) is 2.87. The smallest absolute Gasteiger partial charge is 0.133 e. The molecule has 1 aliphatic rings. The summed E-state index contributed by atoms with van der Waals surface area (Å²) < 4.78 is 1.82. The maximum absolute atomic E-state index is 11.2. The van der Waals surface area contributed by atoms with Gasteiger partial charge in [-0.3, -0.25) is 9.48 Å². The Hall–Kier alpha value is -1.12. The molecule has 0 N–H and O–H groups in total. The fourth-order valence-electron chi connectivity index (χ4n) is 2.20. The summed E-state index contributed by atoms with van der Waals surface area (Å²) in [4.78, 5) is 11.2. The highest BCUT2D eigenvalue weighted by Crippen LogP contribution is 2.24. The number of hydrogen-bond acceptors (Lipinski definition) is 2. The minimum atomic E-state index is 0.435. The van der Waals surface area contributed by atoms with Crippen LogP contribution in [0.15, 0.2) is 12.4 Å². The maximum atomic E-state index is 11.2. The number of carbonyl (C=O) groups is 1. The van der Waals surface area contributed by atoms with Gasteiger partial charge in [-0.15, -0.1) is 0 Å². The van der Waals surface area contributed by atoms with Crippen LogP contribution in [-0.4, -0.2) is 15.6 Å². The van der Waals surface area contributed by atoms with Gasteiger partial charge in [0.1, 0.15) is 5.78 Å². The molecule has 0 radical (unpaired) electrons. The van der Waals surface area contributed by atoms with Gasteiger partial charge in [0.2, 0.25) is 0 Å². The Morgan fingerprint density at radius 2 is 2.50 bits per heavy atom. The van der Waals surface area contributed by atoms with Crippen molar-refractivity contribution in [1.29, 1.82) is 0 Å². The molecule has 76 valence electrons. The molecule has 2 rings (SSSR count). The van der Waals surface area contributed by atoms with Crippen LogP contribution in [0, 0.1) is 5.92 Å². The first-order valence-electron chi connectivity index (χ1n) is 5.23. The van der Waals surface area contributed by atoms with Gasteiger partial charge >= 0.3 is 0 Å². The predicted molar refractivity (Wildman–Crippen MR) is 53.9 cm³/mol. The third-order valence-corrected chi connectivity index (χ3v) is 2.87. The van der Waals surface area contributed by atoms with Crippen LogP contribution in [0.5, 0.6) is 0 Å². The molecule has 1 aromatic heterocycles. The Morgan fingerprint density at radius 3 is 3.14 bits per heavy atom. The minimum Gasteiger partial charge on any atom is -0.300 e. The fraction of sp³-hybridized carbons (Fsp3) is 0.636. The van der Waals surface area contributed by atoms with Crippen LogP contribution in [0.1, 0.15) is 31.2 Å². The van der Waals surface area contributed by atoms with Crippen molar-refractivity contribution in [2.75, 3.05) is 0 Å². The lowest BCUT2D eigenvalue weighted by molar-refractivity contribution is -0.121. The molecule has 0 bridgehead atoms. The SMILES string of the molecule is Cn1cc(CC2CCCC(=O)C2)cn1. The number of ketones is 1. The average Bonchev–Trinajstić information content (AvgIpc) is 2.51. The first-order chi connectivity index (χ1) is 6.74. The summed E-state index contributed by atoms with van der Waals surface area (Å²) in [5, 5.41) is 4.13. The summed E-state index contributed by atoms with van der Waals surface area (Å²) in [6.07, 6.45) is 8.79. The molecule has 3 nitrogen and oxygen atoms in total. The zero-order valence-corrected chi connectivity index (χ0v) is 8.57. The van der Waals surface area contributed by atoms with E-state index in [-0.39, 0.29) is 0 Å². The van der Waals surface area contributed by atoms with Gasteiger partial charge in [0, 0.05) is 26.1 Å². The first-order valence-corrected chi connectivity index (χ1v) is 5.23. The molecule has 0 aromatic carbocycles. The van der Waals surface area contributed by atoms with Crippen molar-refractivity contribution in [1.82, 2.24) is 9.78 Å². The van der Waals surface area contributed by atoms with E-state index in [1.807, 2.05) is 24.1 Å². The molecule has 0 aliphatic heterocycles. The van der Waals surface area contributed by atoms with E-state index in [2.05, 4.69) is 5.10 Å². The third kappa shape index (κ3) is 2.22. The largest absolute Gasteiger partial charge is 0.300 e. The van der Waals surface area contributed by atoms with Crippen LogP contribution >= 0.6 is 0 Å². The zero-order chi connectivity index (χ0) is 9.97. The Morgan fingerprint density at radius 1 is 1.64 bits per heavy atom. The maximum Gasteiger partial charge on any atom is 0.133 e. The highest BCUT2D eigenvalue weighted by Gasteiger charge is 2.19. The summed E-state index contributed by atoms with van der Waals surface area (Å²) >= 11 is 0. The number of aryl methyl sites for hydroxylation is 1. The van der Waals surface area contributed by atoms with Gasteiger partial charge in [0.15, 0.2) is 0 Å². The molecule has 1 saturated carbocycles. The Bertz CT molecular complexity index is 330. The van der Waals surface area contributed by atoms with Crippen molar-refractivity contribution < 1.29 is 4.79 Å². The lowest BCUT2D eigenvalue weighted by atomic mass is 9.85. The molecule has 1 atom stereocenters. The van der Waals surface area contributed by atoms with Crippen LogP contribution < -0.4 is 0 Å². The molecule has 0 spiro atoms. The molecular weight excluding hydrogens is 176 g/mol. The number of hydrogen-bond donors (Lipinski definition) is 0. The van der Waals surface area contributed by atoms with Gasteiger partial charge in [-0.25, -0.2) is 0 Å². The Balaban J connectivity index is 1.93. The zero-order valence-electron chi connectivity index (χ0n) is 8.57. The van der Waals surface area contributed by atoms with Gasteiger partial charge in [-0.2, -0.15) is 5.10 Å². The number of aromatic nitrogens is 2. The molecule has 1 aliphatic carbocycles. The molecule has 3 heteroatoms. The number of Topliss-reactive ketones (excluding diaryl/α,β-unsaturated/α-hetero) is 1. The molecule has 1 fully saturated rings. The van der Waals surface area contributed by atoms with E-state index in [1.165, 1.54) is 12.0 Å². The number of carbonyl (C=O) groups excluding carboxylic acids is 1. The Kier molecular flexibility index (Phi) is 2.66. The van der Waals surface area contributed by atoms with E-state index in [1.54, 1.807) is 0 Å². The van der Waals surface area contributed by atoms with Crippen LogP contribution in [-0.2, 0) is 18.3 Å². The van der Waals surface area contributed by atoms with Crippen molar-refractivity contribution in [3.8, 4) is 0 Å². The second kappa shape index (κ2) is 3.95. The number of nitrogens with zero attached hydrogens (tertiary/aromatic N) is 2. The van der Waals surface area contributed by atoms with E-state index in [4.69, 9.17) is 0 Å². The van der Waals surface area contributed by atoms with Crippen molar-refractivity contribution in [3.05, 3.63) is 18.0 Å². The van der Waals surface area contributed by atoms with Crippen molar-refractivity contribution in [2.24, 2.45) is 13.0 Å². The van der Waals surface area contributed by atoms with Crippen molar-refractivity contribution >= 4 is 5.78 Å². The second-order valence-corrected chi connectivity index (χ2v) is 4.23. The van der Waals surface area contributed by atoms with Gasteiger partial charge in [-0.05, 0) is 30.7 Å². The Labute approximate surface area is 84.1 Å². The highest BCUT2D eigenvalue weighted by molar-refractivity contribution is 5.79. The molecular formula is C11H16N2O. The summed E-state index contributed by atoms with van der Waals surface area (Å²) in [5.74, 6) is 0.991. The van der Waals surface area contributed by atoms with E-state index < -0.39 is 0 Å². The predicted octanol–water partition coefficient (Wildman–Crippen LogP) is 1.72. The lowest BCUT2D eigenvalue weighted by Crippen LogP contribution is -2.16. The normalized spacial score (nSPS) is 22.6. The molecule has 1 unspecified atom stereocenters. The van der Waals surface area contributed by atoms with Crippen LogP contribution in [0.25, 0.3) is 0 Å². The molecule has 1 aromatic rings. The number of rotatable bonds is 2. The van der Waals surface area contributed by atoms with E-state index in [0.717, 1.165) is 25.7 Å². The molecule has 0 saturated heterocycles. The van der Waals surface area contributed by atoms with E-state index in [0.29, 0.717) is 11.7 Å². The van der Waals surface area contributed by atoms with Gasteiger partial charge in [0.05, 0.1) is 6.20 Å². The van der Waals surface area contributed by atoms with Crippen LogP contribution in [0.4, 0.5) is 0 Å². The summed E-state index contributed by atoms with van der Waals surface area (Å²) in [7, 11) is 1.93. The fourth-order valence-corrected chi connectivity index (χ4v) is 2.20. The van der Waals surface area contributed by atoms with E-state index in [9.17, 15) is 4.79 Å². The molecule has 14 heavy (non-hydrogen) atoms. The highest BCUT2D eigenvalue weighted by atomic mass is 16.1. The first kappa shape index (κ1) is 9.44. The van der Waals surface area contributed by atoms with Crippen LogP contribution in [0.2, 0.25) is 0 Å². The minimum absolute atomic E-state index is 0.435. The van der Waals surface area contributed by atoms with Crippen LogP contribution in [0.3, 0.4) is 0 Å². The lowest BCUT2D eigenvalue weighted by Gasteiger charge is -2.19. The average molecular weight is 192 g/mol. The molecule has 0 amide bonds.